The molecule has 0 spiro atoms. The van der Waals surface area contributed by atoms with Crippen LogP contribution in [-0.4, -0.2) is 23.7 Å². The van der Waals surface area contributed by atoms with E-state index in [2.05, 4.69) is 10.6 Å². The first-order chi connectivity index (χ1) is 10.1. The van der Waals surface area contributed by atoms with Crippen LogP contribution in [0.15, 0.2) is 17.5 Å². The van der Waals surface area contributed by atoms with Gasteiger partial charge in [0.05, 0.1) is 0 Å². The summed E-state index contributed by atoms with van der Waals surface area (Å²) in [6.45, 7) is 0.657. The normalized spacial score (nSPS) is 28.3. The monoisotopic (exact) mass is 308 g/mol. The molecular formula is C15H20N2O3S. The van der Waals surface area contributed by atoms with Crippen LogP contribution in [0, 0.1) is 17.8 Å². The van der Waals surface area contributed by atoms with E-state index < -0.39 is 18.0 Å². The van der Waals surface area contributed by atoms with Crippen molar-refractivity contribution in [2.75, 3.05) is 6.54 Å². The summed E-state index contributed by atoms with van der Waals surface area (Å²) >= 11 is 1.33. The number of carbonyl (C=O) groups is 2. The Morgan fingerprint density at radius 1 is 1.38 bits per heavy atom. The molecule has 1 aromatic rings. The van der Waals surface area contributed by atoms with Crippen molar-refractivity contribution in [2.45, 2.75) is 31.7 Å². The average molecular weight is 308 g/mol. The van der Waals surface area contributed by atoms with Gasteiger partial charge in [-0.15, -0.1) is 11.3 Å². The first-order valence-corrected chi connectivity index (χ1v) is 8.32. The zero-order chi connectivity index (χ0) is 14.8. The van der Waals surface area contributed by atoms with E-state index in [9.17, 15) is 14.7 Å². The van der Waals surface area contributed by atoms with Crippen LogP contribution in [-0.2, 0) is 4.79 Å². The molecule has 21 heavy (non-hydrogen) atoms. The van der Waals surface area contributed by atoms with Crippen LogP contribution in [0.5, 0.6) is 0 Å². The van der Waals surface area contributed by atoms with Crippen molar-refractivity contribution in [3.8, 4) is 0 Å². The molecule has 4 atom stereocenters. The zero-order valence-electron chi connectivity index (χ0n) is 11.7. The number of urea groups is 1. The molecule has 0 aliphatic heterocycles. The number of carbonyl (C=O) groups excluding carboxylic acids is 1. The van der Waals surface area contributed by atoms with Gasteiger partial charge in [0.1, 0.15) is 0 Å². The maximum atomic E-state index is 11.9. The largest absolute Gasteiger partial charge is 0.479 e. The van der Waals surface area contributed by atoms with Gasteiger partial charge in [-0.3, -0.25) is 0 Å². The van der Waals surface area contributed by atoms with Gasteiger partial charge in [0.15, 0.2) is 6.04 Å². The van der Waals surface area contributed by atoms with E-state index >= 15 is 0 Å². The predicted octanol–water partition coefficient (Wildman–Crippen LogP) is 2.61. The van der Waals surface area contributed by atoms with Crippen molar-refractivity contribution in [3.05, 3.63) is 22.4 Å². The third-order valence-corrected chi connectivity index (χ3v) is 5.70. The fourth-order valence-corrected chi connectivity index (χ4v) is 4.51. The molecule has 0 radical (unpaired) electrons. The van der Waals surface area contributed by atoms with E-state index in [1.807, 2.05) is 0 Å². The number of rotatable bonds is 5. The van der Waals surface area contributed by atoms with Gasteiger partial charge in [-0.05, 0) is 48.5 Å². The highest BCUT2D eigenvalue weighted by Gasteiger charge is 2.39. The molecule has 2 bridgehead atoms. The second-order valence-electron chi connectivity index (χ2n) is 6.08. The van der Waals surface area contributed by atoms with E-state index in [1.54, 1.807) is 17.5 Å². The molecule has 5 nitrogen and oxygen atoms in total. The first-order valence-electron chi connectivity index (χ1n) is 7.44. The second-order valence-corrected chi connectivity index (χ2v) is 7.06. The lowest BCUT2D eigenvalue weighted by Crippen LogP contribution is -2.42. The minimum absolute atomic E-state index is 0.390. The number of aliphatic carboxylic acids is 1. The molecule has 6 heteroatoms. The highest BCUT2D eigenvalue weighted by Crippen LogP contribution is 2.47. The fraction of sp³-hybridized carbons (Fsp3) is 0.600. The fourth-order valence-electron chi connectivity index (χ4n) is 3.74. The average Bonchev–Trinajstić information content (AvgIpc) is 3.18. The smallest absolute Gasteiger partial charge is 0.331 e. The Hall–Kier alpha value is -1.56. The van der Waals surface area contributed by atoms with E-state index in [0.717, 1.165) is 11.8 Å². The summed E-state index contributed by atoms with van der Waals surface area (Å²) in [5, 5.41) is 16.4. The Morgan fingerprint density at radius 3 is 2.81 bits per heavy atom. The molecule has 2 amide bonds. The predicted molar refractivity (Wildman–Crippen MR) is 80.2 cm³/mol. The molecular weight excluding hydrogens is 288 g/mol. The summed E-state index contributed by atoms with van der Waals surface area (Å²) in [4.78, 5) is 23.8. The molecule has 2 aliphatic rings. The van der Waals surface area contributed by atoms with Gasteiger partial charge in [0.2, 0.25) is 0 Å². The van der Waals surface area contributed by atoms with E-state index in [-0.39, 0.29) is 0 Å². The van der Waals surface area contributed by atoms with Gasteiger partial charge < -0.3 is 15.7 Å². The number of hydrogen-bond donors (Lipinski definition) is 3. The van der Waals surface area contributed by atoms with Crippen LogP contribution in [0.1, 0.15) is 36.6 Å². The summed E-state index contributed by atoms with van der Waals surface area (Å²) in [7, 11) is 0. The van der Waals surface area contributed by atoms with Crippen molar-refractivity contribution >= 4 is 23.3 Å². The Balaban J connectivity index is 1.50. The Labute approximate surface area is 127 Å². The topological polar surface area (TPSA) is 78.4 Å². The molecule has 3 rings (SSSR count). The lowest BCUT2D eigenvalue weighted by atomic mass is 9.89. The standard InChI is InChI=1S/C15H20N2O3S/c18-14(19)13(12-2-1-5-21-12)17-15(20)16-8-11-7-9-3-4-10(11)6-9/h1-2,5,9-11,13H,3-4,6-8H2,(H,18,19)(H2,16,17,20). The lowest BCUT2D eigenvalue weighted by Gasteiger charge is -2.22. The van der Waals surface area contributed by atoms with Crippen LogP contribution in [0.25, 0.3) is 0 Å². The molecule has 1 aromatic heterocycles. The molecule has 4 unspecified atom stereocenters. The molecule has 0 aromatic carbocycles. The van der Waals surface area contributed by atoms with Crippen LogP contribution < -0.4 is 10.6 Å². The zero-order valence-corrected chi connectivity index (χ0v) is 12.6. The number of amides is 2. The number of carboxylic acid groups (broad SMARTS) is 1. The minimum atomic E-state index is -1.03. The van der Waals surface area contributed by atoms with Crippen molar-refractivity contribution in [1.29, 1.82) is 0 Å². The summed E-state index contributed by atoms with van der Waals surface area (Å²) in [5.41, 5.74) is 0. The molecule has 0 saturated heterocycles. The van der Waals surface area contributed by atoms with Gasteiger partial charge in [-0.2, -0.15) is 0 Å². The summed E-state index contributed by atoms with van der Waals surface area (Å²) in [5.74, 6) is 1.14. The summed E-state index contributed by atoms with van der Waals surface area (Å²) < 4.78 is 0. The van der Waals surface area contributed by atoms with Crippen LogP contribution in [0.4, 0.5) is 4.79 Å². The number of carboxylic acids is 1. The summed E-state index contributed by atoms with van der Waals surface area (Å²) in [6.07, 6.45) is 5.14. The van der Waals surface area contributed by atoms with Gasteiger partial charge >= 0.3 is 12.0 Å². The van der Waals surface area contributed by atoms with Gasteiger partial charge in [-0.25, -0.2) is 9.59 Å². The van der Waals surface area contributed by atoms with E-state index in [0.29, 0.717) is 17.3 Å². The van der Waals surface area contributed by atoms with Gasteiger partial charge in [-0.1, -0.05) is 12.5 Å². The van der Waals surface area contributed by atoms with E-state index in [1.165, 1.54) is 37.0 Å². The first kappa shape index (κ1) is 14.4. The van der Waals surface area contributed by atoms with Crippen molar-refractivity contribution in [3.63, 3.8) is 0 Å². The molecule has 2 saturated carbocycles. The molecule has 114 valence electrons. The van der Waals surface area contributed by atoms with Gasteiger partial charge in [0.25, 0.3) is 0 Å². The van der Waals surface area contributed by atoms with Gasteiger partial charge in [0, 0.05) is 11.4 Å². The SMILES string of the molecule is O=C(NCC1CC2CCC1C2)NC(C(=O)O)c1cccs1. The van der Waals surface area contributed by atoms with Crippen LogP contribution >= 0.6 is 11.3 Å². The Bertz CT molecular complexity index is 517. The maximum absolute atomic E-state index is 11.9. The number of nitrogens with one attached hydrogen (secondary N) is 2. The summed E-state index contributed by atoms with van der Waals surface area (Å²) in [6, 6.07) is 2.15. The minimum Gasteiger partial charge on any atom is -0.479 e. The maximum Gasteiger partial charge on any atom is 0.331 e. The van der Waals surface area contributed by atoms with Crippen molar-refractivity contribution < 1.29 is 14.7 Å². The van der Waals surface area contributed by atoms with E-state index in [4.69, 9.17) is 0 Å². The molecule has 2 aliphatic carbocycles. The number of thiophene rings is 1. The van der Waals surface area contributed by atoms with Crippen molar-refractivity contribution in [2.24, 2.45) is 17.8 Å². The quantitative estimate of drug-likeness (QED) is 0.782. The Morgan fingerprint density at radius 2 is 2.24 bits per heavy atom. The highest BCUT2D eigenvalue weighted by molar-refractivity contribution is 7.10. The molecule has 2 fully saturated rings. The molecule has 1 heterocycles. The lowest BCUT2D eigenvalue weighted by molar-refractivity contribution is -0.139. The third-order valence-electron chi connectivity index (χ3n) is 4.76. The molecule has 3 N–H and O–H groups in total. The van der Waals surface area contributed by atoms with Crippen LogP contribution in [0.2, 0.25) is 0 Å². The highest BCUT2D eigenvalue weighted by atomic mass is 32.1. The van der Waals surface area contributed by atoms with Crippen LogP contribution in [0.3, 0.4) is 0 Å². The Kier molecular flexibility index (Phi) is 4.14. The number of fused-ring (bicyclic) bond motifs is 2. The third kappa shape index (κ3) is 3.20. The second kappa shape index (κ2) is 6.05. The van der Waals surface area contributed by atoms with Crippen molar-refractivity contribution in [1.82, 2.24) is 10.6 Å². The number of hydrogen-bond acceptors (Lipinski definition) is 3.